The van der Waals surface area contributed by atoms with Gasteiger partial charge in [-0.25, -0.2) is 0 Å². The van der Waals surface area contributed by atoms with Crippen LogP contribution in [0.1, 0.15) is 27.2 Å². The number of hydrogen-bond acceptors (Lipinski definition) is 4. The molecule has 5 nitrogen and oxygen atoms in total. The fraction of sp³-hybridized carbons (Fsp3) is 0.632. The van der Waals surface area contributed by atoms with E-state index in [0.717, 1.165) is 45.0 Å². The smallest absolute Gasteiger partial charge is 0.220 e. The Balaban J connectivity index is 1.68. The standard InChI is InChI=1S/C19H31N3O2/c1-19(2,3)15-18(23)20-9-10-21-11-13-22(14-12-21)16-5-7-17(24-4)8-6-16/h5-8H,9-15H2,1-4H3,(H,20,23). The van der Waals surface area contributed by atoms with Gasteiger partial charge in [-0.05, 0) is 29.7 Å². The van der Waals surface area contributed by atoms with Gasteiger partial charge in [-0.15, -0.1) is 0 Å². The predicted octanol–water partition coefficient (Wildman–Crippen LogP) is 2.37. The molecule has 1 fully saturated rings. The second kappa shape index (κ2) is 8.38. The average Bonchev–Trinajstić information content (AvgIpc) is 2.54. The lowest BCUT2D eigenvalue weighted by atomic mass is 9.92. The highest BCUT2D eigenvalue weighted by Gasteiger charge is 2.18. The second-order valence-corrected chi connectivity index (χ2v) is 7.61. The lowest BCUT2D eigenvalue weighted by Gasteiger charge is -2.36. The number of rotatable bonds is 6. The minimum atomic E-state index is 0.0497. The van der Waals surface area contributed by atoms with Crippen LogP contribution in [-0.4, -0.2) is 57.2 Å². The van der Waals surface area contributed by atoms with Gasteiger partial charge in [0.25, 0.3) is 0 Å². The molecule has 1 heterocycles. The summed E-state index contributed by atoms with van der Waals surface area (Å²) in [5, 5.41) is 3.03. The van der Waals surface area contributed by atoms with Crippen molar-refractivity contribution < 1.29 is 9.53 Å². The minimum Gasteiger partial charge on any atom is -0.497 e. The fourth-order valence-electron chi connectivity index (χ4n) is 2.92. The molecule has 0 aromatic heterocycles. The summed E-state index contributed by atoms with van der Waals surface area (Å²) < 4.78 is 5.21. The lowest BCUT2D eigenvalue weighted by molar-refractivity contribution is -0.122. The molecule has 2 rings (SSSR count). The van der Waals surface area contributed by atoms with Crippen LogP contribution in [0, 0.1) is 5.41 Å². The largest absolute Gasteiger partial charge is 0.497 e. The summed E-state index contributed by atoms with van der Waals surface area (Å²) in [5.74, 6) is 1.04. The Bertz CT molecular complexity index is 514. The maximum absolute atomic E-state index is 11.8. The maximum atomic E-state index is 11.8. The first-order valence-electron chi connectivity index (χ1n) is 8.75. The number of carbonyl (C=O) groups excluding carboxylic acids is 1. The molecule has 1 aromatic carbocycles. The van der Waals surface area contributed by atoms with Gasteiger partial charge in [0.2, 0.25) is 5.91 Å². The van der Waals surface area contributed by atoms with Gasteiger partial charge in [0.1, 0.15) is 5.75 Å². The number of carbonyl (C=O) groups is 1. The van der Waals surface area contributed by atoms with E-state index in [-0.39, 0.29) is 11.3 Å². The van der Waals surface area contributed by atoms with Crippen molar-refractivity contribution in [2.75, 3.05) is 51.3 Å². The molecule has 1 aliphatic rings. The second-order valence-electron chi connectivity index (χ2n) is 7.61. The number of methoxy groups -OCH3 is 1. The first-order chi connectivity index (χ1) is 11.4. The fourth-order valence-corrected chi connectivity index (χ4v) is 2.92. The molecule has 0 bridgehead atoms. The highest BCUT2D eigenvalue weighted by molar-refractivity contribution is 5.76. The summed E-state index contributed by atoms with van der Waals surface area (Å²) >= 11 is 0. The summed E-state index contributed by atoms with van der Waals surface area (Å²) in [5.41, 5.74) is 1.29. The quantitative estimate of drug-likeness (QED) is 0.868. The van der Waals surface area contributed by atoms with Gasteiger partial charge < -0.3 is 15.0 Å². The molecule has 134 valence electrons. The Labute approximate surface area is 146 Å². The van der Waals surface area contributed by atoms with Gasteiger partial charge in [-0.3, -0.25) is 9.69 Å². The molecule has 0 saturated carbocycles. The van der Waals surface area contributed by atoms with E-state index in [1.165, 1.54) is 5.69 Å². The van der Waals surface area contributed by atoms with E-state index >= 15 is 0 Å². The van der Waals surface area contributed by atoms with E-state index < -0.39 is 0 Å². The van der Waals surface area contributed by atoms with E-state index in [4.69, 9.17) is 4.74 Å². The van der Waals surface area contributed by atoms with E-state index in [1.807, 2.05) is 12.1 Å². The lowest BCUT2D eigenvalue weighted by Crippen LogP contribution is -2.48. The molecule has 0 spiro atoms. The first kappa shape index (κ1) is 18.6. The molecular weight excluding hydrogens is 302 g/mol. The Hall–Kier alpha value is -1.75. The number of amides is 1. The molecule has 1 saturated heterocycles. The highest BCUT2D eigenvalue weighted by atomic mass is 16.5. The summed E-state index contributed by atoms with van der Waals surface area (Å²) in [6, 6.07) is 8.24. The van der Waals surface area contributed by atoms with Crippen molar-refractivity contribution in [3.05, 3.63) is 24.3 Å². The van der Waals surface area contributed by atoms with Crippen molar-refractivity contribution in [3.63, 3.8) is 0 Å². The molecule has 1 aliphatic heterocycles. The van der Waals surface area contributed by atoms with E-state index in [0.29, 0.717) is 6.42 Å². The van der Waals surface area contributed by atoms with E-state index in [9.17, 15) is 4.79 Å². The van der Waals surface area contributed by atoms with Crippen molar-refractivity contribution in [1.29, 1.82) is 0 Å². The molecular formula is C19H31N3O2. The molecule has 0 atom stereocenters. The Morgan fingerprint density at radius 3 is 2.29 bits per heavy atom. The Morgan fingerprint density at radius 1 is 1.12 bits per heavy atom. The number of ether oxygens (including phenoxy) is 1. The van der Waals surface area contributed by atoms with Crippen molar-refractivity contribution in [1.82, 2.24) is 10.2 Å². The zero-order valence-corrected chi connectivity index (χ0v) is 15.5. The van der Waals surface area contributed by atoms with Crippen LogP contribution in [0.2, 0.25) is 0 Å². The topological polar surface area (TPSA) is 44.8 Å². The van der Waals surface area contributed by atoms with Crippen molar-refractivity contribution in [2.45, 2.75) is 27.2 Å². The number of anilines is 1. The molecule has 0 aliphatic carbocycles. The summed E-state index contributed by atoms with van der Waals surface area (Å²) in [4.78, 5) is 16.7. The van der Waals surface area contributed by atoms with Crippen LogP contribution in [0.3, 0.4) is 0 Å². The van der Waals surface area contributed by atoms with Gasteiger partial charge in [0.15, 0.2) is 0 Å². The molecule has 24 heavy (non-hydrogen) atoms. The van der Waals surface area contributed by atoms with E-state index in [2.05, 4.69) is 48.0 Å². The molecule has 1 amide bonds. The van der Waals surface area contributed by atoms with Gasteiger partial charge in [0.05, 0.1) is 7.11 Å². The molecule has 1 N–H and O–H groups in total. The minimum absolute atomic E-state index is 0.0497. The van der Waals surface area contributed by atoms with Gasteiger partial charge >= 0.3 is 0 Å². The van der Waals surface area contributed by atoms with E-state index in [1.54, 1.807) is 7.11 Å². The summed E-state index contributed by atoms with van der Waals surface area (Å²) in [6.07, 6.45) is 0.582. The van der Waals surface area contributed by atoms with Gasteiger partial charge in [0, 0.05) is 51.4 Å². The first-order valence-corrected chi connectivity index (χ1v) is 8.75. The van der Waals surface area contributed by atoms with Crippen molar-refractivity contribution in [3.8, 4) is 5.75 Å². The number of benzene rings is 1. The number of nitrogens with zero attached hydrogens (tertiary/aromatic N) is 2. The normalized spacial score (nSPS) is 16.1. The molecule has 1 aromatic rings. The van der Waals surface area contributed by atoms with Crippen LogP contribution in [0.25, 0.3) is 0 Å². The summed E-state index contributed by atoms with van der Waals surface area (Å²) in [7, 11) is 1.69. The molecule has 0 unspecified atom stereocenters. The monoisotopic (exact) mass is 333 g/mol. The number of nitrogens with one attached hydrogen (secondary N) is 1. The third kappa shape index (κ3) is 6.04. The predicted molar refractivity (Wildman–Crippen MR) is 98.7 cm³/mol. The number of piperazine rings is 1. The SMILES string of the molecule is COc1ccc(N2CCN(CCNC(=O)CC(C)(C)C)CC2)cc1. The van der Waals surface area contributed by atoms with Crippen molar-refractivity contribution >= 4 is 11.6 Å². The van der Waals surface area contributed by atoms with Crippen LogP contribution in [0.4, 0.5) is 5.69 Å². The molecule has 5 heteroatoms. The van der Waals surface area contributed by atoms with Crippen LogP contribution in [0.15, 0.2) is 24.3 Å². The van der Waals surface area contributed by atoms with Crippen LogP contribution in [-0.2, 0) is 4.79 Å². The Kier molecular flexibility index (Phi) is 6.49. The maximum Gasteiger partial charge on any atom is 0.220 e. The average molecular weight is 333 g/mol. The Morgan fingerprint density at radius 2 is 1.75 bits per heavy atom. The van der Waals surface area contributed by atoms with Crippen LogP contribution in [0.5, 0.6) is 5.75 Å². The van der Waals surface area contributed by atoms with Gasteiger partial charge in [-0.2, -0.15) is 0 Å². The number of hydrogen-bond donors (Lipinski definition) is 1. The van der Waals surface area contributed by atoms with Gasteiger partial charge in [-0.1, -0.05) is 20.8 Å². The van der Waals surface area contributed by atoms with Crippen LogP contribution < -0.4 is 15.0 Å². The van der Waals surface area contributed by atoms with Crippen LogP contribution >= 0.6 is 0 Å². The highest BCUT2D eigenvalue weighted by Crippen LogP contribution is 2.20. The molecule has 0 radical (unpaired) electrons. The zero-order chi connectivity index (χ0) is 17.6. The third-order valence-electron chi connectivity index (χ3n) is 4.25. The summed E-state index contributed by atoms with van der Waals surface area (Å²) in [6.45, 7) is 12.0. The van der Waals surface area contributed by atoms with Crippen molar-refractivity contribution in [2.24, 2.45) is 5.41 Å². The third-order valence-corrected chi connectivity index (χ3v) is 4.25. The zero-order valence-electron chi connectivity index (χ0n) is 15.5.